The minimum Gasteiger partial charge on any atom is -0.298 e. The summed E-state index contributed by atoms with van der Waals surface area (Å²) >= 11 is 0. The summed E-state index contributed by atoms with van der Waals surface area (Å²) in [6.07, 6.45) is 3.26. The number of Topliss-reactive ketones (excluding diaryl/α,β-unsaturated/α-hetero) is 1. The lowest BCUT2D eigenvalue weighted by Gasteiger charge is -2.38. The molecular formula is C11H16N2O3. The van der Waals surface area contributed by atoms with Gasteiger partial charge >= 0.3 is 0 Å². The average molecular weight is 224 g/mol. The third-order valence-corrected chi connectivity index (χ3v) is 3.39. The summed E-state index contributed by atoms with van der Waals surface area (Å²) in [6, 6.07) is -0.622. The Bertz CT molecular complexity index is 340. The lowest BCUT2D eigenvalue weighted by atomic mass is 9.91. The van der Waals surface area contributed by atoms with Gasteiger partial charge < -0.3 is 0 Å². The maximum absolute atomic E-state index is 11.8. The Morgan fingerprint density at radius 2 is 2.00 bits per heavy atom. The van der Waals surface area contributed by atoms with Crippen LogP contribution in [0.5, 0.6) is 0 Å². The number of carbonyl (C=O) groups is 3. The number of carbonyl (C=O) groups excluding carboxylic acids is 3. The topological polar surface area (TPSA) is 66.5 Å². The van der Waals surface area contributed by atoms with Crippen molar-refractivity contribution in [1.82, 2.24) is 10.2 Å². The molecule has 0 aromatic rings. The second-order valence-corrected chi connectivity index (χ2v) is 4.49. The first-order valence-electron chi connectivity index (χ1n) is 5.72. The van der Waals surface area contributed by atoms with E-state index in [2.05, 4.69) is 5.32 Å². The number of hydrogen-bond donors (Lipinski definition) is 1. The van der Waals surface area contributed by atoms with Crippen molar-refractivity contribution < 1.29 is 14.4 Å². The monoisotopic (exact) mass is 224 g/mol. The predicted molar refractivity (Wildman–Crippen MR) is 56.6 cm³/mol. The van der Waals surface area contributed by atoms with Gasteiger partial charge in [0, 0.05) is 6.42 Å². The first kappa shape index (κ1) is 11.3. The molecule has 0 radical (unpaired) electrons. The molecule has 1 saturated carbocycles. The minimum atomic E-state index is -0.384. The van der Waals surface area contributed by atoms with Gasteiger partial charge in [-0.1, -0.05) is 6.42 Å². The molecule has 2 rings (SSSR count). The summed E-state index contributed by atoms with van der Waals surface area (Å²) in [7, 11) is 0. The highest BCUT2D eigenvalue weighted by Crippen LogP contribution is 2.22. The SMILES string of the molecule is CC1C(=O)NC(=O)CN1C1CCCCC1=O. The van der Waals surface area contributed by atoms with E-state index < -0.39 is 0 Å². The van der Waals surface area contributed by atoms with Gasteiger partial charge in [-0.2, -0.15) is 0 Å². The normalized spacial score (nSPS) is 32.7. The fraction of sp³-hybridized carbons (Fsp3) is 0.727. The van der Waals surface area contributed by atoms with Crippen LogP contribution in [-0.4, -0.2) is 41.1 Å². The van der Waals surface area contributed by atoms with E-state index in [1.807, 2.05) is 0 Å². The first-order chi connectivity index (χ1) is 7.59. The van der Waals surface area contributed by atoms with Gasteiger partial charge in [-0.25, -0.2) is 0 Å². The van der Waals surface area contributed by atoms with E-state index in [9.17, 15) is 14.4 Å². The molecule has 1 heterocycles. The molecule has 0 aromatic heterocycles. The fourth-order valence-electron chi connectivity index (χ4n) is 2.43. The molecule has 5 heteroatoms. The Kier molecular flexibility index (Phi) is 3.05. The largest absolute Gasteiger partial charge is 0.298 e. The number of rotatable bonds is 1. The van der Waals surface area contributed by atoms with E-state index in [4.69, 9.17) is 0 Å². The molecule has 2 aliphatic rings. The second kappa shape index (κ2) is 4.33. The lowest BCUT2D eigenvalue weighted by molar-refractivity contribution is -0.143. The zero-order chi connectivity index (χ0) is 11.7. The third kappa shape index (κ3) is 2.00. The van der Waals surface area contributed by atoms with Crippen LogP contribution in [0.15, 0.2) is 0 Å². The summed E-state index contributed by atoms with van der Waals surface area (Å²) < 4.78 is 0. The number of piperazine rings is 1. The van der Waals surface area contributed by atoms with Crippen LogP contribution in [0, 0.1) is 0 Å². The molecule has 2 atom stereocenters. The van der Waals surface area contributed by atoms with Crippen LogP contribution in [0.3, 0.4) is 0 Å². The molecule has 0 aromatic carbocycles. The van der Waals surface area contributed by atoms with Crippen LogP contribution in [0.1, 0.15) is 32.6 Å². The van der Waals surface area contributed by atoms with Crippen molar-refractivity contribution in [2.24, 2.45) is 0 Å². The molecule has 1 N–H and O–H groups in total. The highest BCUT2D eigenvalue weighted by Gasteiger charge is 2.38. The average Bonchev–Trinajstić information content (AvgIpc) is 2.24. The van der Waals surface area contributed by atoms with Crippen LogP contribution in [0.4, 0.5) is 0 Å². The smallest absolute Gasteiger partial charge is 0.243 e. The van der Waals surface area contributed by atoms with Crippen molar-refractivity contribution in [2.45, 2.75) is 44.7 Å². The van der Waals surface area contributed by atoms with Crippen LogP contribution in [-0.2, 0) is 14.4 Å². The van der Waals surface area contributed by atoms with Crippen molar-refractivity contribution >= 4 is 17.6 Å². The van der Waals surface area contributed by atoms with Gasteiger partial charge in [0.05, 0.1) is 18.6 Å². The summed E-state index contributed by atoms with van der Waals surface area (Å²) in [6.45, 7) is 1.90. The number of hydrogen-bond acceptors (Lipinski definition) is 4. The lowest BCUT2D eigenvalue weighted by Crippen LogP contribution is -2.61. The maximum atomic E-state index is 11.8. The van der Waals surface area contributed by atoms with Crippen LogP contribution in [0.25, 0.3) is 0 Å². The third-order valence-electron chi connectivity index (χ3n) is 3.39. The Morgan fingerprint density at radius 1 is 1.25 bits per heavy atom. The van der Waals surface area contributed by atoms with Gasteiger partial charge in [-0.05, 0) is 19.8 Å². The van der Waals surface area contributed by atoms with Crippen molar-refractivity contribution in [1.29, 1.82) is 0 Å². The minimum absolute atomic E-state index is 0.156. The van der Waals surface area contributed by atoms with Crippen LogP contribution in [0.2, 0.25) is 0 Å². The molecule has 2 fully saturated rings. The first-order valence-corrected chi connectivity index (χ1v) is 5.72. The molecular weight excluding hydrogens is 208 g/mol. The number of imide groups is 1. The van der Waals surface area contributed by atoms with Gasteiger partial charge in [0.1, 0.15) is 5.78 Å². The van der Waals surface area contributed by atoms with E-state index in [-0.39, 0.29) is 36.2 Å². The molecule has 0 spiro atoms. The molecule has 16 heavy (non-hydrogen) atoms. The van der Waals surface area contributed by atoms with Gasteiger partial charge in [0.2, 0.25) is 11.8 Å². The molecule has 0 bridgehead atoms. The standard InChI is InChI=1S/C11H16N2O3/c1-7-11(16)12-10(15)6-13(7)8-4-2-3-5-9(8)14/h7-8H,2-6H2,1H3,(H,12,15,16). The molecule has 1 saturated heterocycles. The van der Waals surface area contributed by atoms with Crippen molar-refractivity contribution in [3.63, 3.8) is 0 Å². The van der Waals surface area contributed by atoms with Gasteiger partial charge in [-0.3, -0.25) is 24.6 Å². The van der Waals surface area contributed by atoms with Gasteiger partial charge in [0.25, 0.3) is 0 Å². The van der Waals surface area contributed by atoms with E-state index in [0.29, 0.717) is 6.42 Å². The Balaban J connectivity index is 2.14. The summed E-state index contributed by atoms with van der Waals surface area (Å²) in [5.41, 5.74) is 0. The molecule has 1 aliphatic heterocycles. The van der Waals surface area contributed by atoms with Crippen LogP contribution >= 0.6 is 0 Å². The van der Waals surface area contributed by atoms with Crippen LogP contribution < -0.4 is 5.32 Å². The Morgan fingerprint density at radius 3 is 2.69 bits per heavy atom. The van der Waals surface area contributed by atoms with Crippen molar-refractivity contribution in [3.05, 3.63) is 0 Å². The summed E-state index contributed by atoms with van der Waals surface area (Å²) in [4.78, 5) is 36.3. The number of amides is 2. The summed E-state index contributed by atoms with van der Waals surface area (Å²) in [5, 5.41) is 2.28. The van der Waals surface area contributed by atoms with E-state index in [1.165, 1.54) is 0 Å². The number of nitrogens with zero attached hydrogens (tertiary/aromatic N) is 1. The molecule has 88 valence electrons. The molecule has 1 aliphatic carbocycles. The molecule has 5 nitrogen and oxygen atoms in total. The zero-order valence-corrected chi connectivity index (χ0v) is 9.36. The van der Waals surface area contributed by atoms with E-state index in [0.717, 1.165) is 19.3 Å². The van der Waals surface area contributed by atoms with E-state index in [1.54, 1.807) is 11.8 Å². The van der Waals surface area contributed by atoms with Crippen molar-refractivity contribution in [2.75, 3.05) is 6.54 Å². The maximum Gasteiger partial charge on any atom is 0.243 e. The fourth-order valence-corrected chi connectivity index (χ4v) is 2.43. The molecule has 2 unspecified atom stereocenters. The molecule has 2 amide bonds. The zero-order valence-electron chi connectivity index (χ0n) is 9.36. The Hall–Kier alpha value is -1.23. The quantitative estimate of drug-likeness (QED) is 0.629. The predicted octanol–water partition coefficient (Wildman–Crippen LogP) is -0.155. The van der Waals surface area contributed by atoms with Crippen molar-refractivity contribution in [3.8, 4) is 0 Å². The highest BCUT2D eigenvalue weighted by molar-refractivity contribution is 6.01. The second-order valence-electron chi connectivity index (χ2n) is 4.49. The van der Waals surface area contributed by atoms with Gasteiger partial charge in [-0.15, -0.1) is 0 Å². The van der Waals surface area contributed by atoms with E-state index >= 15 is 0 Å². The number of nitrogens with one attached hydrogen (secondary N) is 1. The Labute approximate surface area is 94.2 Å². The highest BCUT2D eigenvalue weighted by atomic mass is 16.2. The van der Waals surface area contributed by atoms with Gasteiger partial charge in [0.15, 0.2) is 0 Å². The number of ketones is 1. The summed E-state index contributed by atoms with van der Waals surface area (Å²) in [5.74, 6) is -0.434.